The topological polar surface area (TPSA) is 53.1 Å². The third-order valence-electron chi connectivity index (χ3n) is 4.44. The highest BCUT2D eigenvalue weighted by Crippen LogP contribution is 2.08. The zero-order valence-electron chi connectivity index (χ0n) is 13.8. The molecular weight excluding hydrogens is 282 g/mol. The third-order valence-corrected chi connectivity index (χ3v) is 4.44. The molecule has 2 heterocycles. The largest absolute Gasteiger partial charge is 0.379 e. The van der Waals surface area contributed by atoms with Crippen LogP contribution in [0.4, 0.5) is 0 Å². The Hall–Kier alpha value is -1.14. The Morgan fingerprint density at radius 3 is 2.05 bits per heavy atom. The van der Waals surface area contributed by atoms with E-state index in [2.05, 4.69) is 11.8 Å². The molecule has 2 rings (SSSR count). The first-order chi connectivity index (χ1) is 10.7. The minimum absolute atomic E-state index is 0.181. The van der Waals surface area contributed by atoms with Crippen LogP contribution in [0.15, 0.2) is 0 Å². The van der Waals surface area contributed by atoms with Gasteiger partial charge < -0.3 is 14.5 Å². The van der Waals surface area contributed by atoms with Crippen LogP contribution in [-0.2, 0) is 14.3 Å². The van der Waals surface area contributed by atoms with Crippen molar-refractivity contribution < 1.29 is 14.3 Å². The molecule has 2 saturated heterocycles. The van der Waals surface area contributed by atoms with E-state index in [-0.39, 0.29) is 11.8 Å². The van der Waals surface area contributed by atoms with Gasteiger partial charge in [-0.05, 0) is 6.42 Å². The smallest absolute Gasteiger partial charge is 0.236 e. The van der Waals surface area contributed by atoms with Crippen molar-refractivity contribution >= 4 is 11.8 Å². The highest BCUT2D eigenvalue weighted by Gasteiger charge is 2.25. The number of hydrogen-bond acceptors (Lipinski definition) is 4. The normalized spacial score (nSPS) is 20.2. The summed E-state index contributed by atoms with van der Waals surface area (Å²) in [4.78, 5) is 30.3. The Kier molecular flexibility index (Phi) is 7.12. The Bertz CT molecular complexity index is 362. The van der Waals surface area contributed by atoms with Crippen LogP contribution < -0.4 is 0 Å². The number of morpholine rings is 1. The molecule has 0 radical (unpaired) electrons. The molecular formula is C16H29N3O3. The molecule has 0 saturated carbocycles. The zero-order chi connectivity index (χ0) is 15.8. The lowest BCUT2D eigenvalue weighted by Crippen LogP contribution is -2.53. The van der Waals surface area contributed by atoms with Crippen molar-refractivity contribution in [2.75, 3.05) is 59.0 Å². The number of piperazine rings is 1. The Morgan fingerprint density at radius 1 is 0.864 bits per heavy atom. The van der Waals surface area contributed by atoms with Gasteiger partial charge in [-0.1, -0.05) is 19.8 Å². The number of ether oxygens (including phenoxy) is 1. The minimum Gasteiger partial charge on any atom is -0.379 e. The lowest BCUT2D eigenvalue weighted by atomic mass is 10.2. The second-order valence-corrected chi connectivity index (χ2v) is 6.11. The molecule has 0 atom stereocenters. The summed E-state index contributed by atoms with van der Waals surface area (Å²) < 4.78 is 5.30. The average Bonchev–Trinajstić information content (AvgIpc) is 2.56. The van der Waals surface area contributed by atoms with Gasteiger partial charge in [0, 0.05) is 45.7 Å². The van der Waals surface area contributed by atoms with E-state index in [0.717, 1.165) is 32.4 Å². The van der Waals surface area contributed by atoms with Gasteiger partial charge in [0.15, 0.2) is 0 Å². The first kappa shape index (κ1) is 17.2. The Balaban J connectivity index is 1.67. The first-order valence-corrected chi connectivity index (χ1v) is 8.56. The maximum absolute atomic E-state index is 12.3. The van der Waals surface area contributed by atoms with E-state index >= 15 is 0 Å². The molecule has 2 aliphatic rings. The summed E-state index contributed by atoms with van der Waals surface area (Å²) in [5, 5.41) is 0. The Morgan fingerprint density at radius 2 is 1.45 bits per heavy atom. The number of amides is 2. The molecule has 2 aliphatic heterocycles. The maximum atomic E-state index is 12.3. The average molecular weight is 311 g/mol. The third kappa shape index (κ3) is 5.25. The second kappa shape index (κ2) is 9.10. The van der Waals surface area contributed by atoms with Gasteiger partial charge in [0.05, 0.1) is 19.8 Å². The van der Waals surface area contributed by atoms with Crippen LogP contribution in [0.3, 0.4) is 0 Å². The summed E-state index contributed by atoms with van der Waals surface area (Å²) in [5.74, 6) is 0.425. The number of unbranched alkanes of at least 4 members (excludes halogenated alkanes) is 2. The van der Waals surface area contributed by atoms with E-state index in [1.54, 1.807) is 0 Å². The van der Waals surface area contributed by atoms with E-state index in [4.69, 9.17) is 4.74 Å². The number of nitrogens with zero attached hydrogens (tertiary/aromatic N) is 3. The van der Waals surface area contributed by atoms with Crippen molar-refractivity contribution in [1.29, 1.82) is 0 Å². The lowest BCUT2D eigenvalue weighted by Gasteiger charge is -2.36. The summed E-state index contributed by atoms with van der Waals surface area (Å²) in [6.45, 7) is 8.42. The highest BCUT2D eigenvalue weighted by molar-refractivity contribution is 5.79. The van der Waals surface area contributed by atoms with Gasteiger partial charge in [0.25, 0.3) is 0 Å². The van der Waals surface area contributed by atoms with E-state index in [1.807, 2.05) is 9.80 Å². The fraction of sp³-hybridized carbons (Fsp3) is 0.875. The minimum atomic E-state index is 0.181. The molecule has 6 heteroatoms. The van der Waals surface area contributed by atoms with Gasteiger partial charge in [0.1, 0.15) is 0 Å². The SMILES string of the molecule is CCCCCC(=O)N1CCN(C(=O)CN2CCOCC2)CC1. The molecule has 0 aromatic heterocycles. The van der Waals surface area contributed by atoms with E-state index in [0.29, 0.717) is 52.4 Å². The lowest BCUT2D eigenvalue weighted by molar-refractivity contribution is -0.140. The Labute approximate surface area is 133 Å². The fourth-order valence-electron chi connectivity index (χ4n) is 2.94. The molecule has 22 heavy (non-hydrogen) atoms. The van der Waals surface area contributed by atoms with Gasteiger partial charge in [-0.2, -0.15) is 0 Å². The number of carbonyl (C=O) groups is 2. The summed E-state index contributed by atoms with van der Waals surface area (Å²) in [6.07, 6.45) is 3.88. The molecule has 126 valence electrons. The molecule has 0 aromatic rings. The van der Waals surface area contributed by atoms with Gasteiger partial charge in [0.2, 0.25) is 11.8 Å². The zero-order valence-corrected chi connectivity index (χ0v) is 13.8. The summed E-state index contributed by atoms with van der Waals surface area (Å²) in [6, 6.07) is 0. The predicted molar refractivity (Wildman–Crippen MR) is 84.6 cm³/mol. The number of hydrogen-bond donors (Lipinski definition) is 0. The molecule has 2 fully saturated rings. The van der Waals surface area contributed by atoms with Crippen LogP contribution in [0.1, 0.15) is 32.6 Å². The van der Waals surface area contributed by atoms with E-state index in [9.17, 15) is 9.59 Å². The summed E-state index contributed by atoms with van der Waals surface area (Å²) >= 11 is 0. The number of rotatable bonds is 6. The molecule has 0 aromatic carbocycles. The van der Waals surface area contributed by atoms with Crippen LogP contribution in [0.2, 0.25) is 0 Å². The van der Waals surface area contributed by atoms with Crippen molar-refractivity contribution in [3.8, 4) is 0 Å². The van der Waals surface area contributed by atoms with Gasteiger partial charge in [-0.15, -0.1) is 0 Å². The molecule has 0 bridgehead atoms. The van der Waals surface area contributed by atoms with Crippen LogP contribution >= 0.6 is 0 Å². The van der Waals surface area contributed by atoms with Crippen LogP contribution in [-0.4, -0.2) is 85.5 Å². The maximum Gasteiger partial charge on any atom is 0.236 e. The standard InChI is InChI=1S/C16H29N3O3/c1-2-3-4-5-15(20)18-6-8-19(9-7-18)16(21)14-17-10-12-22-13-11-17/h2-14H2,1H3. The summed E-state index contributed by atoms with van der Waals surface area (Å²) in [7, 11) is 0. The van der Waals surface area contributed by atoms with Crippen LogP contribution in [0.25, 0.3) is 0 Å². The fourth-order valence-corrected chi connectivity index (χ4v) is 2.94. The van der Waals surface area contributed by atoms with Gasteiger partial charge in [-0.3, -0.25) is 14.5 Å². The van der Waals surface area contributed by atoms with Crippen molar-refractivity contribution in [1.82, 2.24) is 14.7 Å². The first-order valence-electron chi connectivity index (χ1n) is 8.56. The monoisotopic (exact) mass is 311 g/mol. The quantitative estimate of drug-likeness (QED) is 0.673. The molecule has 0 aliphatic carbocycles. The molecule has 0 N–H and O–H groups in total. The second-order valence-electron chi connectivity index (χ2n) is 6.11. The van der Waals surface area contributed by atoms with Gasteiger partial charge in [-0.25, -0.2) is 0 Å². The van der Waals surface area contributed by atoms with Crippen molar-refractivity contribution in [2.45, 2.75) is 32.6 Å². The predicted octanol–water partition coefficient (Wildman–Crippen LogP) is 0.570. The van der Waals surface area contributed by atoms with Crippen molar-refractivity contribution in [2.24, 2.45) is 0 Å². The van der Waals surface area contributed by atoms with E-state index in [1.165, 1.54) is 0 Å². The molecule has 0 unspecified atom stereocenters. The molecule has 6 nitrogen and oxygen atoms in total. The molecule has 0 spiro atoms. The van der Waals surface area contributed by atoms with Crippen LogP contribution in [0.5, 0.6) is 0 Å². The van der Waals surface area contributed by atoms with Crippen LogP contribution in [0, 0.1) is 0 Å². The molecule has 2 amide bonds. The van der Waals surface area contributed by atoms with Crippen molar-refractivity contribution in [3.05, 3.63) is 0 Å². The number of carbonyl (C=O) groups excluding carboxylic acids is 2. The van der Waals surface area contributed by atoms with Crippen molar-refractivity contribution in [3.63, 3.8) is 0 Å². The summed E-state index contributed by atoms with van der Waals surface area (Å²) in [5.41, 5.74) is 0. The van der Waals surface area contributed by atoms with Gasteiger partial charge >= 0.3 is 0 Å². The van der Waals surface area contributed by atoms with E-state index < -0.39 is 0 Å². The highest BCUT2D eigenvalue weighted by atomic mass is 16.5.